The summed E-state index contributed by atoms with van der Waals surface area (Å²) in [6.07, 6.45) is 0. The number of benzene rings is 1. The average Bonchev–Trinajstić information content (AvgIpc) is 2.34. The molecule has 8 nitrogen and oxygen atoms in total. The van der Waals surface area contributed by atoms with Gasteiger partial charge in [0.25, 0.3) is 5.69 Å². The van der Waals surface area contributed by atoms with E-state index in [1.54, 1.807) is 6.92 Å². The maximum Gasteiger partial charge on any atom is 0.270 e. The number of hydrogen-bond donors (Lipinski definition) is 2. The van der Waals surface area contributed by atoms with Crippen molar-refractivity contribution >= 4 is 21.4 Å². The molecule has 106 valence electrons. The normalized spacial score (nSPS) is 11.4. The van der Waals surface area contributed by atoms with Crippen LogP contribution in [0.15, 0.2) is 23.1 Å². The number of sulfonamides is 1. The van der Waals surface area contributed by atoms with Crippen molar-refractivity contribution < 1.29 is 18.1 Å². The topological polar surface area (TPSA) is 125 Å². The Labute approximate surface area is 110 Å². The Kier molecular flexibility index (Phi) is 5.21. The van der Waals surface area contributed by atoms with Gasteiger partial charge in [-0.05, 0) is 13.0 Å². The number of hydrogen-bond acceptors (Lipinski definition) is 6. The van der Waals surface area contributed by atoms with Gasteiger partial charge in [-0.3, -0.25) is 10.1 Å². The summed E-state index contributed by atoms with van der Waals surface area (Å²) in [7, 11) is -3.89. The van der Waals surface area contributed by atoms with Crippen molar-refractivity contribution in [3.63, 3.8) is 0 Å². The molecular weight excluding hydrogens is 274 g/mol. The molecule has 0 saturated heterocycles. The van der Waals surface area contributed by atoms with Gasteiger partial charge in [-0.1, -0.05) is 0 Å². The number of ether oxygens (including phenoxy) is 1. The van der Waals surface area contributed by atoms with Gasteiger partial charge in [-0.15, -0.1) is 0 Å². The van der Waals surface area contributed by atoms with Crippen LogP contribution in [0.4, 0.5) is 11.4 Å². The van der Waals surface area contributed by atoms with Crippen LogP contribution in [-0.2, 0) is 14.8 Å². The van der Waals surface area contributed by atoms with E-state index in [4.69, 9.17) is 10.5 Å². The number of nitrogen functional groups attached to an aromatic ring is 1. The first-order valence-corrected chi connectivity index (χ1v) is 6.98. The molecule has 1 aromatic carbocycles. The summed E-state index contributed by atoms with van der Waals surface area (Å²) >= 11 is 0. The van der Waals surface area contributed by atoms with E-state index in [9.17, 15) is 18.5 Å². The van der Waals surface area contributed by atoms with Crippen molar-refractivity contribution in [3.05, 3.63) is 28.3 Å². The number of nitrogens with two attached hydrogens (primary N) is 1. The molecular formula is C10H15N3O5S. The molecule has 0 aromatic heterocycles. The lowest BCUT2D eigenvalue weighted by molar-refractivity contribution is -0.385. The second-order valence-electron chi connectivity index (χ2n) is 3.57. The molecule has 19 heavy (non-hydrogen) atoms. The standard InChI is InChI=1S/C10H15N3O5S/c1-2-18-6-5-12-19(16,17)10-7-8(13(14)15)3-4-9(10)11/h3-4,7,12H,2,5-6,11H2,1H3. The SMILES string of the molecule is CCOCCNS(=O)(=O)c1cc([N+](=O)[O-])ccc1N. The van der Waals surface area contributed by atoms with Crippen molar-refractivity contribution in [1.82, 2.24) is 4.72 Å². The van der Waals surface area contributed by atoms with Crippen molar-refractivity contribution in [2.75, 3.05) is 25.5 Å². The van der Waals surface area contributed by atoms with Crippen LogP contribution in [0.5, 0.6) is 0 Å². The quantitative estimate of drug-likeness (QED) is 0.326. The third-order valence-electron chi connectivity index (χ3n) is 2.24. The molecule has 0 aliphatic heterocycles. The van der Waals surface area contributed by atoms with E-state index < -0.39 is 14.9 Å². The van der Waals surface area contributed by atoms with E-state index in [1.807, 2.05) is 0 Å². The van der Waals surface area contributed by atoms with Gasteiger partial charge in [-0.25, -0.2) is 13.1 Å². The molecule has 0 saturated carbocycles. The first-order valence-electron chi connectivity index (χ1n) is 5.50. The molecule has 1 aromatic rings. The van der Waals surface area contributed by atoms with Crippen LogP contribution in [0, 0.1) is 10.1 Å². The van der Waals surface area contributed by atoms with Crippen LogP contribution in [-0.4, -0.2) is 33.1 Å². The minimum absolute atomic E-state index is 0.0468. The molecule has 0 aliphatic carbocycles. The Bertz CT molecular complexity index is 558. The van der Waals surface area contributed by atoms with E-state index >= 15 is 0 Å². The van der Waals surface area contributed by atoms with Gasteiger partial charge in [0.05, 0.1) is 17.2 Å². The van der Waals surface area contributed by atoms with E-state index in [2.05, 4.69) is 4.72 Å². The highest BCUT2D eigenvalue weighted by Gasteiger charge is 2.20. The van der Waals surface area contributed by atoms with E-state index in [0.717, 1.165) is 12.1 Å². The zero-order valence-electron chi connectivity index (χ0n) is 10.3. The highest BCUT2D eigenvalue weighted by molar-refractivity contribution is 7.89. The van der Waals surface area contributed by atoms with E-state index in [1.165, 1.54) is 6.07 Å². The number of non-ortho nitro benzene ring substituents is 1. The van der Waals surface area contributed by atoms with E-state index in [-0.39, 0.29) is 29.4 Å². The van der Waals surface area contributed by atoms with Crippen LogP contribution in [0.25, 0.3) is 0 Å². The lowest BCUT2D eigenvalue weighted by Gasteiger charge is -2.08. The molecule has 0 amide bonds. The van der Waals surface area contributed by atoms with Crippen LogP contribution >= 0.6 is 0 Å². The maximum atomic E-state index is 11.9. The molecule has 0 spiro atoms. The molecule has 0 heterocycles. The smallest absolute Gasteiger partial charge is 0.270 e. The predicted octanol–water partition coefficient (Wildman–Crippen LogP) is 0.492. The fourth-order valence-corrected chi connectivity index (χ4v) is 2.50. The second kappa shape index (κ2) is 6.45. The molecule has 0 atom stereocenters. The summed E-state index contributed by atoms with van der Waals surface area (Å²) in [5.41, 5.74) is 5.15. The van der Waals surface area contributed by atoms with Crippen molar-refractivity contribution in [2.24, 2.45) is 0 Å². The minimum Gasteiger partial charge on any atom is -0.398 e. The van der Waals surface area contributed by atoms with Gasteiger partial charge in [0.1, 0.15) is 4.90 Å². The first-order chi connectivity index (χ1) is 8.88. The fraction of sp³-hybridized carbons (Fsp3) is 0.400. The minimum atomic E-state index is -3.89. The Morgan fingerprint density at radius 1 is 1.47 bits per heavy atom. The van der Waals surface area contributed by atoms with Crippen LogP contribution < -0.4 is 10.5 Å². The zero-order chi connectivity index (χ0) is 14.5. The number of nitrogens with one attached hydrogen (secondary N) is 1. The molecule has 0 unspecified atom stereocenters. The summed E-state index contributed by atoms with van der Waals surface area (Å²) in [6.45, 7) is 2.54. The van der Waals surface area contributed by atoms with Gasteiger partial charge >= 0.3 is 0 Å². The van der Waals surface area contributed by atoms with Gasteiger partial charge in [0.2, 0.25) is 10.0 Å². The molecule has 0 fully saturated rings. The average molecular weight is 289 g/mol. The van der Waals surface area contributed by atoms with Crippen LogP contribution in [0.1, 0.15) is 6.92 Å². The monoisotopic (exact) mass is 289 g/mol. The molecule has 0 bridgehead atoms. The highest BCUT2D eigenvalue weighted by atomic mass is 32.2. The zero-order valence-corrected chi connectivity index (χ0v) is 11.1. The van der Waals surface area contributed by atoms with Gasteiger partial charge in [-0.2, -0.15) is 0 Å². The number of rotatable bonds is 7. The predicted molar refractivity (Wildman–Crippen MR) is 69.2 cm³/mol. The second-order valence-corrected chi connectivity index (χ2v) is 5.31. The van der Waals surface area contributed by atoms with Crippen LogP contribution in [0.3, 0.4) is 0 Å². The molecule has 1 rings (SSSR count). The van der Waals surface area contributed by atoms with Gasteiger partial charge < -0.3 is 10.5 Å². The summed E-state index contributed by atoms with van der Waals surface area (Å²) in [5.74, 6) is 0. The van der Waals surface area contributed by atoms with Crippen molar-refractivity contribution in [2.45, 2.75) is 11.8 Å². The lowest BCUT2D eigenvalue weighted by atomic mass is 10.3. The first kappa shape index (κ1) is 15.3. The summed E-state index contributed by atoms with van der Waals surface area (Å²) in [6, 6.07) is 3.27. The van der Waals surface area contributed by atoms with Crippen molar-refractivity contribution in [1.29, 1.82) is 0 Å². The Morgan fingerprint density at radius 2 is 2.16 bits per heavy atom. The maximum absolute atomic E-state index is 11.9. The van der Waals surface area contributed by atoms with Gasteiger partial charge in [0, 0.05) is 25.3 Å². The van der Waals surface area contributed by atoms with E-state index in [0.29, 0.717) is 6.61 Å². The molecule has 0 radical (unpaired) electrons. The number of anilines is 1. The number of nitrogens with zero attached hydrogens (tertiary/aromatic N) is 1. The molecule has 0 aliphatic rings. The highest BCUT2D eigenvalue weighted by Crippen LogP contribution is 2.23. The number of nitro benzene ring substituents is 1. The summed E-state index contributed by atoms with van der Waals surface area (Å²) in [4.78, 5) is 9.63. The fourth-order valence-electron chi connectivity index (χ4n) is 1.34. The summed E-state index contributed by atoms with van der Waals surface area (Å²) in [5, 5.41) is 10.6. The molecule has 3 N–H and O–H groups in total. The Morgan fingerprint density at radius 3 is 2.74 bits per heavy atom. The van der Waals surface area contributed by atoms with Crippen LogP contribution in [0.2, 0.25) is 0 Å². The Balaban J connectivity index is 2.94. The van der Waals surface area contributed by atoms with Crippen molar-refractivity contribution in [3.8, 4) is 0 Å². The lowest BCUT2D eigenvalue weighted by Crippen LogP contribution is -2.28. The third-order valence-corrected chi connectivity index (χ3v) is 3.76. The Hall–Kier alpha value is -1.71. The van der Waals surface area contributed by atoms with Gasteiger partial charge in [0.15, 0.2) is 0 Å². The third kappa shape index (κ3) is 4.16. The number of nitro groups is 1. The molecule has 9 heteroatoms. The largest absolute Gasteiger partial charge is 0.398 e. The summed E-state index contributed by atoms with van der Waals surface area (Å²) < 4.78 is 31.1.